The topological polar surface area (TPSA) is 130 Å². The molecule has 0 amide bonds. The SMILES string of the molecule is O=C(CCSCSCCCOOCSCCO)OCCSCSCCOOCCCSCSCCC(=O)OCSCCO. The van der Waals surface area contributed by atoms with E-state index >= 15 is 0 Å². The zero-order valence-corrected chi connectivity index (χ0v) is 31.2. The van der Waals surface area contributed by atoms with E-state index < -0.39 is 0 Å². The van der Waals surface area contributed by atoms with Crippen LogP contribution in [0.15, 0.2) is 0 Å². The van der Waals surface area contributed by atoms with Gasteiger partial charge in [-0.15, -0.1) is 47.0 Å². The molecule has 0 heterocycles. The van der Waals surface area contributed by atoms with Crippen molar-refractivity contribution < 1.29 is 48.8 Å². The van der Waals surface area contributed by atoms with E-state index in [1.165, 1.54) is 23.5 Å². The number of esters is 2. The first-order chi connectivity index (χ1) is 21.2. The first-order valence-corrected chi connectivity index (χ1v) is 23.1. The number of carbonyl (C=O) groups is 2. The highest BCUT2D eigenvalue weighted by molar-refractivity contribution is 8.16. The van der Waals surface area contributed by atoms with Crippen LogP contribution in [0.3, 0.4) is 0 Å². The number of hydrogen-bond donors (Lipinski definition) is 2. The summed E-state index contributed by atoms with van der Waals surface area (Å²) >= 11 is 13.5. The van der Waals surface area contributed by atoms with E-state index in [0.29, 0.717) is 62.7 Å². The molecule has 0 aliphatic carbocycles. The summed E-state index contributed by atoms with van der Waals surface area (Å²) in [6.07, 6.45) is 2.67. The van der Waals surface area contributed by atoms with Crippen LogP contribution in [0.1, 0.15) is 25.7 Å². The summed E-state index contributed by atoms with van der Waals surface area (Å²) in [6.45, 7) is 2.35. The van der Waals surface area contributed by atoms with Gasteiger partial charge in [0.15, 0.2) is 0 Å². The first-order valence-electron chi connectivity index (χ1n) is 13.8. The van der Waals surface area contributed by atoms with Crippen molar-refractivity contribution in [3.8, 4) is 0 Å². The third-order valence-electron chi connectivity index (χ3n) is 4.31. The maximum Gasteiger partial charge on any atom is 0.307 e. The van der Waals surface area contributed by atoms with Gasteiger partial charge in [0.25, 0.3) is 0 Å². The molecule has 0 bridgehead atoms. The predicted octanol–water partition coefficient (Wildman–Crippen LogP) is 5.17. The van der Waals surface area contributed by atoms with Crippen molar-refractivity contribution in [1.82, 2.24) is 0 Å². The van der Waals surface area contributed by atoms with Gasteiger partial charge in [0.2, 0.25) is 0 Å². The maximum atomic E-state index is 11.8. The second kappa shape index (κ2) is 39.7. The molecule has 10 nitrogen and oxygen atoms in total. The molecule has 2 N–H and O–H groups in total. The van der Waals surface area contributed by atoms with Crippen LogP contribution < -0.4 is 0 Å². The van der Waals surface area contributed by atoms with E-state index in [1.54, 1.807) is 47.0 Å². The number of rotatable bonds is 36. The molecule has 0 aliphatic heterocycles. The largest absolute Gasteiger partial charge is 0.465 e. The summed E-state index contributed by atoms with van der Waals surface area (Å²) in [6, 6.07) is 0. The minimum atomic E-state index is -0.189. The van der Waals surface area contributed by atoms with Gasteiger partial charge in [-0.3, -0.25) is 9.59 Å². The Hall–Kier alpha value is 1.50. The lowest BCUT2D eigenvalue weighted by atomic mass is 10.5. The molecule has 18 heteroatoms. The molecule has 0 aromatic rings. The molecule has 0 radical (unpaired) electrons. The maximum absolute atomic E-state index is 11.8. The van der Waals surface area contributed by atoms with Gasteiger partial charge in [0.1, 0.15) is 18.5 Å². The van der Waals surface area contributed by atoms with Crippen molar-refractivity contribution in [3.05, 3.63) is 0 Å². The van der Waals surface area contributed by atoms with Gasteiger partial charge in [0.05, 0.1) is 45.9 Å². The third-order valence-corrected chi connectivity index (χ3v) is 12.8. The standard InChI is InChI=1S/C25H48O10S8/c26-5-15-36-19-31-25(29)4-14-41-22-38-11-1-7-32-34-10-18-43-23-42-17-9-30-24(28)3-13-40-21-39-12-2-8-33-35-20-37-16-6-27/h26-27H,1-23H2. The van der Waals surface area contributed by atoms with E-state index in [2.05, 4.69) is 0 Å². The molecular weight excluding hydrogens is 717 g/mol. The normalized spacial score (nSPS) is 11.2. The van der Waals surface area contributed by atoms with Crippen molar-refractivity contribution in [3.63, 3.8) is 0 Å². The highest BCUT2D eigenvalue weighted by Crippen LogP contribution is 2.16. The average molecular weight is 765 g/mol. The molecule has 0 fully saturated rings. The molecule has 0 saturated carbocycles. The number of aliphatic hydroxyl groups excluding tert-OH is 2. The second-order valence-electron chi connectivity index (χ2n) is 7.83. The Morgan fingerprint density at radius 1 is 0.442 bits per heavy atom. The molecule has 0 aliphatic rings. The fourth-order valence-corrected chi connectivity index (χ4v) is 9.07. The summed E-state index contributed by atoms with van der Waals surface area (Å²) in [5.74, 6) is 6.76. The molecular formula is C25H48O10S8. The Balaban J connectivity index is 3.18. The van der Waals surface area contributed by atoms with E-state index in [-0.39, 0.29) is 25.2 Å². The van der Waals surface area contributed by atoms with Crippen molar-refractivity contribution in [2.75, 3.05) is 113 Å². The van der Waals surface area contributed by atoms with Crippen molar-refractivity contribution >= 4 is 106 Å². The minimum Gasteiger partial charge on any atom is -0.465 e. The lowest BCUT2D eigenvalue weighted by molar-refractivity contribution is -0.289. The minimum absolute atomic E-state index is 0.0967. The van der Waals surface area contributed by atoms with Crippen LogP contribution >= 0.6 is 94.1 Å². The fourth-order valence-electron chi connectivity index (χ4n) is 2.33. The molecule has 43 heavy (non-hydrogen) atoms. The van der Waals surface area contributed by atoms with E-state index in [1.807, 2.05) is 23.5 Å². The fraction of sp³-hybridized carbons (Fsp3) is 0.920. The van der Waals surface area contributed by atoms with Crippen LogP contribution in [0, 0.1) is 0 Å². The Bertz CT molecular complexity index is 602. The van der Waals surface area contributed by atoms with Crippen LogP contribution in [0.5, 0.6) is 0 Å². The Morgan fingerprint density at radius 2 is 0.907 bits per heavy atom. The molecule has 0 atom stereocenters. The van der Waals surface area contributed by atoms with Gasteiger partial charge >= 0.3 is 11.9 Å². The average Bonchev–Trinajstić information content (AvgIpc) is 3.01. The van der Waals surface area contributed by atoms with Gasteiger partial charge in [-0.1, -0.05) is 0 Å². The summed E-state index contributed by atoms with van der Waals surface area (Å²) < 4.78 is 10.3. The van der Waals surface area contributed by atoms with Gasteiger partial charge < -0.3 is 19.7 Å². The Morgan fingerprint density at radius 3 is 1.51 bits per heavy atom. The van der Waals surface area contributed by atoms with Crippen LogP contribution in [0.4, 0.5) is 0 Å². The summed E-state index contributed by atoms with van der Waals surface area (Å²) in [4.78, 5) is 43.8. The van der Waals surface area contributed by atoms with Gasteiger partial charge in [-0.2, -0.15) is 47.0 Å². The summed E-state index contributed by atoms with van der Waals surface area (Å²) in [7, 11) is 0. The number of carbonyl (C=O) groups excluding carboxylic acids is 2. The lowest BCUT2D eigenvalue weighted by Crippen LogP contribution is -2.08. The second-order valence-corrected chi connectivity index (χ2v) is 17.7. The first kappa shape index (κ1) is 44.5. The Labute approximate surface area is 291 Å². The van der Waals surface area contributed by atoms with Crippen LogP contribution in [0.2, 0.25) is 0 Å². The lowest BCUT2D eigenvalue weighted by Gasteiger charge is -2.06. The number of aliphatic hydroxyl groups is 2. The molecule has 0 spiro atoms. The third kappa shape index (κ3) is 39.6. The van der Waals surface area contributed by atoms with Crippen LogP contribution in [0.25, 0.3) is 0 Å². The predicted molar refractivity (Wildman–Crippen MR) is 193 cm³/mol. The van der Waals surface area contributed by atoms with Crippen molar-refractivity contribution in [2.24, 2.45) is 0 Å². The van der Waals surface area contributed by atoms with Crippen molar-refractivity contribution in [2.45, 2.75) is 25.7 Å². The zero-order chi connectivity index (χ0) is 31.3. The van der Waals surface area contributed by atoms with E-state index in [4.69, 9.17) is 39.2 Å². The number of ether oxygens (including phenoxy) is 2. The molecule has 0 unspecified atom stereocenters. The summed E-state index contributed by atoms with van der Waals surface area (Å²) in [5.41, 5.74) is 0. The zero-order valence-electron chi connectivity index (χ0n) is 24.7. The molecule has 256 valence electrons. The highest BCUT2D eigenvalue weighted by atomic mass is 32.2. The molecule has 0 rings (SSSR count). The van der Waals surface area contributed by atoms with Crippen LogP contribution in [-0.4, -0.2) is 135 Å². The number of thioether (sulfide) groups is 8. The van der Waals surface area contributed by atoms with E-state index in [9.17, 15) is 9.59 Å². The van der Waals surface area contributed by atoms with Gasteiger partial charge in [-0.25, -0.2) is 19.6 Å². The number of hydrogen-bond acceptors (Lipinski definition) is 18. The van der Waals surface area contributed by atoms with E-state index in [0.717, 1.165) is 62.6 Å². The molecule has 0 aromatic carbocycles. The smallest absolute Gasteiger partial charge is 0.307 e. The molecule has 0 aromatic heterocycles. The molecule has 0 saturated heterocycles. The highest BCUT2D eigenvalue weighted by Gasteiger charge is 2.04. The van der Waals surface area contributed by atoms with Gasteiger partial charge in [0, 0.05) is 49.8 Å². The summed E-state index contributed by atoms with van der Waals surface area (Å²) in [5, 5.41) is 20.1. The monoisotopic (exact) mass is 764 g/mol. The van der Waals surface area contributed by atoms with Gasteiger partial charge in [-0.05, 0) is 24.3 Å². The van der Waals surface area contributed by atoms with Crippen LogP contribution in [-0.2, 0) is 38.6 Å². The Kier molecular flexibility index (Phi) is 41.1. The quantitative estimate of drug-likeness (QED) is 0.0286. The van der Waals surface area contributed by atoms with Crippen molar-refractivity contribution in [1.29, 1.82) is 0 Å².